The van der Waals surface area contributed by atoms with Crippen molar-refractivity contribution in [2.45, 2.75) is 0 Å². The predicted molar refractivity (Wildman–Crippen MR) is 128 cm³/mol. The molecule has 4 rings (SSSR count). The number of ether oxygens (including phenoxy) is 2. The number of rotatable bonds is 7. The van der Waals surface area contributed by atoms with E-state index in [0.29, 0.717) is 23.7 Å². The molecule has 0 atom stereocenters. The summed E-state index contributed by atoms with van der Waals surface area (Å²) in [6, 6.07) is 22.2. The van der Waals surface area contributed by atoms with Crippen LogP contribution in [0.5, 0.6) is 17.2 Å². The van der Waals surface area contributed by atoms with E-state index in [1.165, 1.54) is 0 Å². The molecule has 7 nitrogen and oxygen atoms in total. The van der Waals surface area contributed by atoms with Gasteiger partial charge in [0.15, 0.2) is 0 Å². The van der Waals surface area contributed by atoms with E-state index in [2.05, 4.69) is 34.5 Å². The van der Waals surface area contributed by atoms with Crippen LogP contribution in [0.1, 0.15) is 0 Å². The van der Waals surface area contributed by atoms with Crippen molar-refractivity contribution in [2.75, 3.05) is 55.9 Å². The number of nitrogens with one attached hydrogen (secondary N) is 2. The summed E-state index contributed by atoms with van der Waals surface area (Å²) in [4.78, 5) is 17.0. The quantitative estimate of drug-likeness (QED) is 0.557. The molecular formula is C25H28N4O3. The highest BCUT2D eigenvalue weighted by Gasteiger charge is 2.19. The summed E-state index contributed by atoms with van der Waals surface area (Å²) >= 11 is 0. The molecule has 0 radical (unpaired) electrons. The molecule has 1 aliphatic heterocycles. The first kappa shape index (κ1) is 21.5. The maximum Gasteiger partial charge on any atom is 0.323 e. The standard InChI is InChI=1S/C25H28N4O3/c1-28(2)14-15-29-16-17-31-24-13-10-20(18-23(24)29)27-25(30)26-19-8-11-22(12-9-19)32-21-6-4-3-5-7-21/h3-13,18H,14-17H2,1-2H3,(H2,26,27,30). The maximum absolute atomic E-state index is 12.5. The van der Waals surface area contributed by atoms with Crippen molar-refractivity contribution in [2.24, 2.45) is 0 Å². The lowest BCUT2D eigenvalue weighted by molar-refractivity contribution is 0.262. The van der Waals surface area contributed by atoms with Crippen LogP contribution in [0.15, 0.2) is 72.8 Å². The zero-order chi connectivity index (χ0) is 22.3. The number of carbonyl (C=O) groups is 1. The Kier molecular flexibility index (Phi) is 6.77. The van der Waals surface area contributed by atoms with Gasteiger partial charge in [0.1, 0.15) is 23.9 Å². The van der Waals surface area contributed by atoms with Gasteiger partial charge in [0.05, 0.1) is 12.2 Å². The van der Waals surface area contributed by atoms with Crippen LogP contribution in [0.4, 0.5) is 21.9 Å². The fraction of sp³-hybridized carbons (Fsp3) is 0.240. The van der Waals surface area contributed by atoms with Gasteiger partial charge in [-0.2, -0.15) is 0 Å². The molecule has 2 amide bonds. The van der Waals surface area contributed by atoms with Crippen LogP contribution in [0, 0.1) is 0 Å². The molecule has 2 N–H and O–H groups in total. The van der Waals surface area contributed by atoms with Crippen LogP contribution in [0.25, 0.3) is 0 Å². The van der Waals surface area contributed by atoms with Crippen molar-refractivity contribution in [3.05, 3.63) is 72.8 Å². The van der Waals surface area contributed by atoms with Crippen LogP contribution in [0.3, 0.4) is 0 Å². The third-order valence-corrected chi connectivity index (χ3v) is 5.08. The van der Waals surface area contributed by atoms with Gasteiger partial charge in [0.2, 0.25) is 0 Å². The minimum atomic E-state index is -0.307. The molecule has 0 spiro atoms. The Morgan fingerprint density at radius 2 is 1.66 bits per heavy atom. The number of likely N-dealkylation sites (N-methyl/N-ethyl adjacent to an activating group) is 1. The lowest BCUT2D eigenvalue weighted by atomic mass is 10.2. The molecule has 1 aliphatic rings. The summed E-state index contributed by atoms with van der Waals surface area (Å²) in [5.74, 6) is 2.31. The Morgan fingerprint density at radius 3 is 2.41 bits per heavy atom. The molecule has 0 bridgehead atoms. The molecule has 0 unspecified atom stereocenters. The molecular weight excluding hydrogens is 404 g/mol. The molecule has 32 heavy (non-hydrogen) atoms. The zero-order valence-electron chi connectivity index (χ0n) is 18.4. The number of hydrogen-bond acceptors (Lipinski definition) is 5. The normalized spacial score (nSPS) is 12.7. The van der Waals surface area contributed by atoms with Crippen molar-refractivity contribution in [3.8, 4) is 17.2 Å². The number of amides is 2. The van der Waals surface area contributed by atoms with Crippen LogP contribution in [0.2, 0.25) is 0 Å². The maximum atomic E-state index is 12.5. The highest BCUT2D eigenvalue weighted by atomic mass is 16.5. The van der Waals surface area contributed by atoms with E-state index >= 15 is 0 Å². The molecule has 0 aliphatic carbocycles. The number of carbonyl (C=O) groups excluding carboxylic acids is 1. The highest BCUT2D eigenvalue weighted by molar-refractivity contribution is 6.00. The minimum Gasteiger partial charge on any atom is -0.490 e. The first-order valence-electron chi connectivity index (χ1n) is 10.6. The SMILES string of the molecule is CN(C)CCN1CCOc2ccc(NC(=O)Nc3ccc(Oc4ccccc4)cc3)cc21. The Balaban J connectivity index is 1.36. The van der Waals surface area contributed by atoms with Crippen LogP contribution in [-0.2, 0) is 0 Å². The molecule has 0 saturated carbocycles. The van der Waals surface area contributed by atoms with Gasteiger partial charge in [-0.05, 0) is 68.7 Å². The second-order valence-corrected chi connectivity index (χ2v) is 7.84. The van der Waals surface area contributed by atoms with E-state index < -0.39 is 0 Å². The zero-order valence-corrected chi connectivity index (χ0v) is 18.4. The summed E-state index contributed by atoms with van der Waals surface area (Å²) < 4.78 is 11.6. The second kappa shape index (κ2) is 10.1. The van der Waals surface area contributed by atoms with E-state index in [1.807, 2.05) is 72.8 Å². The molecule has 166 valence electrons. The number of nitrogens with zero attached hydrogens (tertiary/aromatic N) is 2. The summed E-state index contributed by atoms with van der Waals surface area (Å²) in [6.07, 6.45) is 0. The number of para-hydroxylation sites is 1. The third-order valence-electron chi connectivity index (χ3n) is 5.08. The number of hydrogen-bond donors (Lipinski definition) is 2. The first-order chi connectivity index (χ1) is 15.6. The molecule has 3 aromatic carbocycles. The van der Waals surface area contributed by atoms with Gasteiger partial charge in [-0.3, -0.25) is 0 Å². The van der Waals surface area contributed by atoms with Crippen molar-refractivity contribution < 1.29 is 14.3 Å². The van der Waals surface area contributed by atoms with Crippen LogP contribution in [-0.4, -0.2) is 51.3 Å². The van der Waals surface area contributed by atoms with Gasteiger partial charge < -0.3 is 29.9 Å². The summed E-state index contributed by atoms with van der Waals surface area (Å²) in [7, 11) is 4.12. The molecule has 7 heteroatoms. The fourth-order valence-electron chi connectivity index (χ4n) is 3.43. The van der Waals surface area contributed by atoms with Crippen LogP contribution < -0.4 is 25.0 Å². The number of benzene rings is 3. The van der Waals surface area contributed by atoms with Crippen LogP contribution >= 0.6 is 0 Å². The Morgan fingerprint density at radius 1 is 0.969 bits per heavy atom. The Labute approximate surface area is 188 Å². The Bertz CT molecular complexity index is 1040. The summed E-state index contributed by atoms with van der Waals surface area (Å²) in [6.45, 7) is 3.34. The second-order valence-electron chi connectivity index (χ2n) is 7.84. The van der Waals surface area contributed by atoms with Gasteiger partial charge in [0.25, 0.3) is 0 Å². The van der Waals surface area contributed by atoms with E-state index in [9.17, 15) is 4.79 Å². The number of urea groups is 1. The lowest BCUT2D eigenvalue weighted by Gasteiger charge is -2.32. The number of fused-ring (bicyclic) bond motifs is 1. The van der Waals surface area contributed by atoms with E-state index in [1.54, 1.807) is 0 Å². The largest absolute Gasteiger partial charge is 0.490 e. The third kappa shape index (κ3) is 5.70. The van der Waals surface area contributed by atoms with Crippen molar-refractivity contribution >= 4 is 23.1 Å². The fourth-order valence-corrected chi connectivity index (χ4v) is 3.43. The van der Waals surface area contributed by atoms with Gasteiger partial charge in [-0.1, -0.05) is 18.2 Å². The Hall–Kier alpha value is -3.71. The van der Waals surface area contributed by atoms with Gasteiger partial charge in [0, 0.05) is 24.5 Å². The lowest BCUT2D eigenvalue weighted by Crippen LogP contribution is -2.37. The van der Waals surface area contributed by atoms with E-state index in [4.69, 9.17) is 9.47 Å². The first-order valence-corrected chi connectivity index (χ1v) is 10.6. The predicted octanol–water partition coefficient (Wildman–Crippen LogP) is 4.88. The van der Waals surface area contributed by atoms with Crippen molar-refractivity contribution in [1.29, 1.82) is 0 Å². The molecule has 3 aromatic rings. The molecule has 0 saturated heterocycles. The van der Waals surface area contributed by atoms with Crippen molar-refractivity contribution in [3.63, 3.8) is 0 Å². The average Bonchev–Trinajstić information content (AvgIpc) is 2.79. The number of anilines is 3. The monoisotopic (exact) mass is 432 g/mol. The minimum absolute atomic E-state index is 0.307. The average molecular weight is 433 g/mol. The topological polar surface area (TPSA) is 66.1 Å². The smallest absolute Gasteiger partial charge is 0.323 e. The van der Waals surface area contributed by atoms with Gasteiger partial charge in [-0.25, -0.2) is 4.79 Å². The van der Waals surface area contributed by atoms with Gasteiger partial charge in [-0.15, -0.1) is 0 Å². The summed E-state index contributed by atoms with van der Waals surface area (Å²) in [5, 5.41) is 5.76. The summed E-state index contributed by atoms with van der Waals surface area (Å²) in [5.41, 5.74) is 2.39. The molecule has 0 aromatic heterocycles. The van der Waals surface area contributed by atoms with E-state index in [0.717, 1.165) is 36.8 Å². The highest BCUT2D eigenvalue weighted by Crippen LogP contribution is 2.34. The molecule has 0 fully saturated rings. The van der Waals surface area contributed by atoms with E-state index in [-0.39, 0.29) is 6.03 Å². The molecule has 1 heterocycles. The van der Waals surface area contributed by atoms with Crippen molar-refractivity contribution in [1.82, 2.24) is 4.90 Å². The van der Waals surface area contributed by atoms with Gasteiger partial charge >= 0.3 is 6.03 Å².